The van der Waals surface area contributed by atoms with E-state index in [4.69, 9.17) is 11.6 Å². The number of hydrogen-bond acceptors (Lipinski definition) is 5. The lowest BCUT2D eigenvalue weighted by molar-refractivity contribution is 0.497. The molecule has 2 aromatic carbocycles. The summed E-state index contributed by atoms with van der Waals surface area (Å²) in [5.74, 6) is -2.60. The van der Waals surface area contributed by atoms with E-state index in [0.29, 0.717) is 19.5 Å². The van der Waals surface area contributed by atoms with Crippen LogP contribution in [-0.2, 0) is 16.3 Å². The van der Waals surface area contributed by atoms with Crippen LogP contribution >= 0.6 is 22.9 Å². The van der Waals surface area contributed by atoms with Crippen molar-refractivity contribution in [1.29, 1.82) is 0 Å². The summed E-state index contributed by atoms with van der Waals surface area (Å²) in [6, 6.07) is 7.58. The van der Waals surface area contributed by atoms with Gasteiger partial charge in [0.1, 0.15) is 22.3 Å². The lowest BCUT2D eigenvalue weighted by atomic mass is 10.1. The van der Waals surface area contributed by atoms with Gasteiger partial charge in [-0.2, -0.15) is 0 Å². The van der Waals surface area contributed by atoms with Crippen LogP contribution in [0, 0.1) is 17.5 Å². The lowest BCUT2D eigenvalue weighted by Gasteiger charge is -2.31. The van der Waals surface area contributed by atoms with Crippen LogP contribution in [0.5, 0.6) is 0 Å². The zero-order valence-electron chi connectivity index (χ0n) is 16.2. The van der Waals surface area contributed by atoms with Crippen molar-refractivity contribution in [3.8, 4) is 0 Å². The monoisotopic (exact) mass is 486 g/mol. The molecule has 0 unspecified atom stereocenters. The zero-order chi connectivity index (χ0) is 22.2. The van der Waals surface area contributed by atoms with E-state index in [9.17, 15) is 21.6 Å². The molecule has 3 aromatic rings. The van der Waals surface area contributed by atoms with Crippen LogP contribution < -0.4 is 4.90 Å². The molecule has 0 aliphatic carbocycles. The van der Waals surface area contributed by atoms with Gasteiger partial charge >= 0.3 is 0 Å². The van der Waals surface area contributed by atoms with Crippen molar-refractivity contribution in [3.05, 3.63) is 75.5 Å². The summed E-state index contributed by atoms with van der Waals surface area (Å²) in [7, 11) is -4.11. The number of thiazole rings is 1. The number of benzene rings is 2. The molecule has 0 N–H and O–H groups in total. The molecule has 0 bridgehead atoms. The van der Waals surface area contributed by atoms with E-state index in [1.54, 1.807) is 12.1 Å². The Hall–Kier alpha value is -2.10. The summed E-state index contributed by atoms with van der Waals surface area (Å²) in [5.41, 5.74) is 1.63. The molecule has 4 nitrogen and oxygen atoms in total. The highest BCUT2D eigenvalue weighted by Crippen LogP contribution is 2.31. The molecule has 0 atom stereocenters. The smallest absolute Gasteiger partial charge is 0.187 e. The first kappa shape index (κ1) is 22.1. The third-order valence-corrected chi connectivity index (χ3v) is 8.81. The Morgan fingerprint density at radius 3 is 2.39 bits per heavy atom. The second kappa shape index (κ2) is 8.80. The van der Waals surface area contributed by atoms with E-state index in [-0.39, 0.29) is 17.9 Å². The highest BCUT2D eigenvalue weighted by molar-refractivity contribution is 7.92. The van der Waals surface area contributed by atoms with Gasteiger partial charge in [0, 0.05) is 24.9 Å². The van der Waals surface area contributed by atoms with Gasteiger partial charge in [-0.3, -0.25) is 0 Å². The van der Waals surface area contributed by atoms with Crippen LogP contribution in [0.1, 0.15) is 24.1 Å². The van der Waals surface area contributed by atoms with Crippen molar-refractivity contribution >= 4 is 37.9 Å². The molecule has 0 radical (unpaired) electrons. The normalized spacial score (nSPS) is 15.4. The first-order chi connectivity index (χ1) is 14.8. The SMILES string of the molecule is O=S(=O)(c1c(F)cccc1F)C1CCN(c2nc(Cc3ccc(F)c(Cl)c3)cs2)CC1. The van der Waals surface area contributed by atoms with E-state index >= 15 is 0 Å². The highest BCUT2D eigenvalue weighted by Gasteiger charge is 2.35. The van der Waals surface area contributed by atoms with E-state index < -0.39 is 37.4 Å². The number of hydrogen-bond donors (Lipinski definition) is 0. The Labute approximate surface area is 187 Å². The predicted octanol–water partition coefficient (Wildman–Crippen LogP) is 5.25. The van der Waals surface area contributed by atoms with E-state index in [1.807, 2.05) is 10.3 Å². The highest BCUT2D eigenvalue weighted by atomic mass is 35.5. The van der Waals surface area contributed by atoms with Crippen molar-refractivity contribution in [2.75, 3.05) is 18.0 Å². The predicted molar refractivity (Wildman–Crippen MR) is 115 cm³/mol. The van der Waals surface area contributed by atoms with Gasteiger partial charge in [0.15, 0.2) is 15.0 Å². The fraction of sp³-hybridized carbons (Fsp3) is 0.286. The fourth-order valence-corrected chi connectivity index (χ4v) is 6.59. The molecule has 31 heavy (non-hydrogen) atoms. The average molecular weight is 487 g/mol. The average Bonchev–Trinajstić information content (AvgIpc) is 3.19. The Kier molecular flexibility index (Phi) is 6.27. The van der Waals surface area contributed by atoms with E-state index in [2.05, 4.69) is 4.98 Å². The van der Waals surface area contributed by atoms with Gasteiger partial charge < -0.3 is 4.90 Å². The van der Waals surface area contributed by atoms with Crippen molar-refractivity contribution in [2.24, 2.45) is 0 Å². The second-order valence-corrected chi connectivity index (χ2v) is 10.7. The minimum absolute atomic E-state index is 0.0579. The van der Waals surface area contributed by atoms with Crippen LogP contribution in [-0.4, -0.2) is 31.7 Å². The Morgan fingerprint density at radius 2 is 1.74 bits per heavy atom. The molecule has 4 rings (SSSR count). The molecule has 1 aliphatic heterocycles. The van der Waals surface area contributed by atoms with Gasteiger partial charge in [-0.25, -0.2) is 26.6 Å². The minimum Gasteiger partial charge on any atom is -0.348 e. The lowest BCUT2D eigenvalue weighted by Crippen LogP contribution is -2.39. The molecule has 10 heteroatoms. The van der Waals surface area contributed by atoms with Crippen LogP contribution in [0.3, 0.4) is 0 Å². The van der Waals surface area contributed by atoms with Crippen LogP contribution in [0.25, 0.3) is 0 Å². The molecule has 1 aliphatic rings. The Morgan fingerprint density at radius 1 is 1.06 bits per heavy atom. The quantitative estimate of drug-likeness (QED) is 0.494. The standard InChI is InChI=1S/C21H18ClF3N2O2S2/c22-16-11-13(4-5-17(16)23)10-14-12-30-21(26-14)27-8-6-15(7-9-27)31(28,29)20-18(24)2-1-3-19(20)25/h1-5,11-12,15H,6-10H2. The van der Waals surface area contributed by atoms with Crippen LogP contribution in [0.4, 0.5) is 18.3 Å². The summed E-state index contributed by atoms with van der Waals surface area (Å²) in [4.78, 5) is 5.72. The molecule has 1 fully saturated rings. The van der Waals surface area contributed by atoms with Gasteiger partial charge in [-0.1, -0.05) is 23.7 Å². The Bertz CT molecular complexity index is 1190. The fourth-order valence-electron chi connectivity index (χ4n) is 3.66. The molecule has 2 heterocycles. The van der Waals surface area contributed by atoms with Gasteiger partial charge in [0.2, 0.25) is 0 Å². The Balaban J connectivity index is 1.43. The molecular weight excluding hydrogens is 469 g/mol. The van der Waals surface area contributed by atoms with Crippen molar-refractivity contribution in [3.63, 3.8) is 0 Å². The molecule has 1 aromatic heterocycles. The first-order valence-electron chi connectivity index (χ1n) is 9.57. The van der Waals surface area contributed by atoms with Gasteiger partial charge in [0.05, 0.1) is 16.0 Å². The number of rotatable bonds is 5. The summed E-state index contributed by atoms with van der Waals surface area (Å²) >= 11 is 7.26. The topological polar surface area (TPSA) is 50.3 Å². The van der Waals surface area contributed by atoms with Crippen molar-refractivity contribution in [1.82, 2.24) is 4.98 Å². The maximum Gasteiger partial charge on any atom is 0.187 e. The van der Waals surface area contributed by atoms with Crippen LogP contribution in [0.15, 0.2) is 46.7 Å². The molecule has 164 valence electrons. The third-order valence-electron chi connectivity index (χ3n) is 5.26. The van der Waals surface area contributed by atoms with Gasteiger partial charge in [-0.05, 0) is 42.7 Å². The largest absolute Gasteiger partial charge is 0.348 e. The van der Waals surface area contributed by atoms with Gasteiger partial charge in [-0.15, -0.1) is 11.3 Å². The second-order valence-electron chi connectivity index (χ2n) is 7.33. The zero-order valence-corrected chi connectivity index (χ0v) is 18.6. The van der Waals surface area contributed by atoms with Crippen LogP contribution in [0.2, 0.25) is 5.02 Å². The first-order valence-corrected chi connectivity index (χ1v) is 12.4. The molecule has 1 saturated heterocycles. The minimum atomic E-state index is -4.11. The summed E-state index contributed by atoms with van der Waals surface area (Å²) in [5, 5.41) is 1.85. The summed E-state index contributed by atoms with van der Waals surface area (Å²) < 4.78 is 66.9. The number of piperidine rings is 1. The maximum atomic E-state index is 14.0. The van der Waals surface area contributed by atoms with Gasteiger partial charge in [0.25, 0.3) is 0 Å². The van der Waals surface area contributed by atoms with E-state index in [1.165, 1.54) is 17.4 Å². The molecule has 0 saturated carbocycles. The molecule has 0 amide bonds. The van der Waals surface area contributed by atoms with Crippen molar-refractivity contribution < 1.29 is 21.6 Å². The number of anilines is 1. The number of halogens is 4. The number of sulfone groups is 1. The summed E-state index contributed by atoms with van der Waals surface area (Å²) in [6.45, 7) is 0.824. The number of nitrogens with zero attached hydrogens (tertiary/aromatic N) is 2. The molecule has 0 spiro atoms. The third kappa shape index (κ3) is 4.58. The number of aromatic nitrogens is 1. The van der Waals surface area contributed by atoms with Crippen molar-refractivity contribution in [2.45, 2.75) is 29.4 Å². The molecular formula is C21H18ClF3N2O2S2. The maximum absolute atomic E-state index is 14.0. The summed E-state index contributed by atoms with van der Waals surface area (Å²) in [6.07, 6.45) is 0.991. The van der Waals surface area contributed by atoms with E-state index in [0.717, 1.165) is 34.6 Å².